The first kappa shape index (κ1) is 9.46. The van der Waals surface area contributed by atoms with Crippen LogP contribution >= 0.6 is 15.9 Å². The molecule has 2 nitrogen and oxygen atoms in total. The highest BCUT2D eigenvalue weighted by Crippen LogP contribution is 2.19. The number of hydrogen-bond donors (Lipinski definition) is 1. The Morgan fingerprint density at radius 3 is 2.57 bits per heavy atom. The molecule has 0 fully saturated rings. The van der Waals surface area contributed by atoms with Gasteiger partial charge in [-0.2, -0.15) is 0 Å². The standard InChI is InChI=1S/C11H11BrN2/c1-2-11-13-7-10(14-11)8-3-5-9(12)6-4-8/h3-7H,2H2,1H3,(H,13,14). The second-order valence-electron chi connectivity index (χ2n) is 3.10. The molecule has 0 aliphatic rings. The molecule has 0 spiro atoms. The molecule has 14 heavy (non-hydrogen) atoms. The third kappa shape index (κ3) is 1.87. The van der Waals surface area contributed by atoms with E-state index >= 15 is 0 Å². The second-order valence-corrected chi connectivity index (χ2v) is 4.02. The Balaban J connectivity index is 2.34. The summed E-state index contributed by atoms with van der Waals surface area (Å²) >= 11 is 3.41. The monoisotopic (exact) mass is 250 g/mol. The molecule has 3 heteroatoms. The number of hydrogen-bond acceptors (Lipinski definition) is 1. The minimum absolute atomic E-state index is 0.941. The lowest BCUT2D eigenvalue weighted by Gasteiger charge is -1.96. The fourth-order valence-electron chi connectivity index (χ4n) is 1.32. The van der Waals surface area contributed by atoms with Crippen molar-refractivity contribution in [1.82, 2.24) is 9.97 Å². The zero-order valence-corrected chi connectivity index (χ0v) is 9.51. The molecule has 1 N–H and O–H groups in total. The van der Waals surface area contributed by atoms with Crippen molar-refractivity contribution in [3.63, 3.8) is 0 Å². The minimum atomic E-state index is 0.941. The van der Waals surface area contributed by atoms with Crippen molar-refractivity contribution in [3.8, 4) is 11.3 Å². The molecule has 0 unspecified atom stereocenters. The fraction of sp³-hybridized carbons (Fsp3) is 0.182. The Morgan fingerprint density at radius 1 is 1.29 bits per heavy atom. The molecule has 2 rings (SSSR count). The topological polar surface area (TPSA) is 28.7 Å². The normalized spacial score (nSPS) is 10.4. The average molecular weight is 251 g/mol. The molecular weight excluding hydrogens is 240 g/mol. The predicted octanol–water partition coefficient (Wildman–Crippen LogP) is 3.40. The van der Waals surface area contributed by atoms with Gasteiger partial charge in [-0.3, -0.25) is 0 Å². The van der Waals surface area contributed by atoms with Crippen LogP contribution in [0.3, 0.4) is 0 Å². The summed E-state index contributed by atoms with van der Waals surface area (Å²) in [6.07, 6.45) is 2.82. The SMILES string of the molecule is CCc1ncc(-c2ccc(Br)cc2)[nH]1. The average Bonchev–Trinajstić information content (AvgIpc) is 2.67. The summed E-state index contributed by atoms with van der Waals surface area (Å²) in [5, 5.41) is 0. The number of imidazole rings is 1. The smallest absolute Gasteiger partial charge is 0.106 e. The summed E-state index contributed by atoms with van der Waals surface area (Å²) in [5.41, 5.74) is 2.25. The Labute approximate surface area is 91.5 Å². The van der Waals surface area contributed by atoms with Gasteiger partial charge in [0.2, 0.25) is 0 Å². The van der Waals surface area contributed by atoms with E-state index in [1.54, 1.807) is 0 Å². The molecule has 1 aromatic carbocycles. The molecule has 0 amide bonds. The van der Waals surface area contributed by atoms with E-state index in [2.05, 4.69) is 45.0 Å². The van der Waals surface area contributed by atoms with Gasteiger partial charge in [-0.25, -0.2) is 4.98 Å². The van der Waals surface area contributed by atoms with Crippen LogP contribution in [0, 0.1) is 0 Å². The number of nitrogens with zero attached hydrogens (tertiary/aromatic N) is 1. The zero-order valence-electron chi connectivity index (χ0n) is 7.92. The number of aryl methyl sites for hydroxylation is 1. The number of benzene rings is 1. The summed E-state index contributed by atoms with van der Waals surface area (Å²) in [7, 11) is 0. The van der Waals surface area contributed by atoms with Crippen molar-refractivity contribution in [2.45, 2.75) is 13.3 Å². The van der Waals surface area contributed by atoms with Crippen LogP contribution < -0.4 is 0 Å². The van der Waals surface area contributed by atoms with Crippen LogP contribution in [0.25, 0.3) is 11.3 Å². The van der Waals surface area contributed by atoms with Crippen LogP contribution in [0.1, 0.15) is 12.7 Å². The molecule has 72 valence electrons. The van der Waals surface area contributed by atoms with Crippen LogP contribution in [0.2, 0.25) is 0 Å². The van der Waals surface area contributed by atoms with E-state index in [0.717, 1.165) is 22.4 Å². The number of H-pyrrole nitrogens is 1. The van der Waals surface area contributed by atoms with E-state index in [4.69, 9.17) is 0 Å². The van der Waals surface area contributed by atoms with Crippen molar-refractivity contribution in [2.75, 3.05) is 0 Å². The van der Waals surface area contributed by atoms with Gasteiger partial charge in [-0.05, 0) is 17.7 Å². The molecule has 0 saturated heterocycles. The van der Waals surface area contributed by atoms with Gasteiger partial charge in [0, 0.05) is 10.9 Å². The summed E-state index contributed by atoms with van der Waals surface area (Å²) < 4.78 is 1.09. The maximum absolute atomic E-state index is 4.27. The van der Waals surface area contributed by atoms with Crippen LogP contribution in [0.4, 0.5) is 0 Å². The van der Waals surface area contributed by atoms with Gasteiger partial charge in [-0.1, -0.05) is 35.0 Å². The van der Waals surface area contributed by atoms with Crippen LogP contribution in [0.15, 0.2) is 34.9 Å². The van der Waals surface area contributed by atoms with Crippen LogP contribution in [-0.2, 0) is 6.42 Å². The quantitative estimate of drug-likeness (QED) is 0.870. The van der Waals surface area contributed by atoms with Crippen molar-refractivity contribution >= 4 is 15.9 Å². The highest BCUT2D eigenvalue weighted by Gasteiger charge is 2.00. The third-order valence-corrected chi connectivity index (χ3v) is 2.65. The van der Waals surface area contributed by atoms with Gasteiger partial charge in [-0.15, -0.1) is 0 Å². The Hall–Kier alpha value is -1.09. The first-order valence-corrected chi connectivity index (χ1v) is 5.38. The minimum Gasteiger partial charge on any atom is -0.342 e. The largest absolute Gasteiger partial charge is 0.342 e. The van der Waals surface area contributed by atoms with E-state index in [1.807, 2.05) is 18.3 Å². The molecule has 0 aliphatic heterocycles. The predicted molar refractivity (Wildman–Crippen MR) is 61.1 cm³/mol. The first-order valence-electron chi connectivity index (χ1n) is 4.59. The van der Waals surface area contributed by atoms with Crippen molar-refractivity contribution < 1.29 is 0 Å². The summed E-state index contributed by atoms with van der Waals surface area (Å²) in [5.74, 6) is 1.03. The van der Waals surface area contributed by atoms with Crippen molar-refractivity contribution in [2.24, 2.45) is 0 Å². The summed E-state index contributed by atoms with van der Waals surface area (Å²) in [6, 6.07) is 8.19. The van der Waals surface area contributed by atoms with Gasteiger partial charge < -0.3 is 4.98 Å². The lowest BCUT2D eigenvalue weighted by Crippen LogP contribution is -1.82. The zero-order chi connectivity index (χ0) is 9.97. The van der Waals surface area contributed by atoms with Gasteiger partial charge in [0.1, 0.15) is 5.82 Å². The first-order chi connectivity index (χ1) is 6.79. The van der Waals surface area contributed by atoms with E-state index < -0.39 is 0 Å². The van der Waals surface area contributed by atoms with Crippen LogP contribution in [0.5, 0.6) is 0 Å². The highest BCUT2D eigenvalue weighted by molar-refractivity contribution is 9.10. The van der Waals surface area contributed by atoms with E-state index in [0.29, 0.717) is 0 Å². The van der Waals surface area contributed by atoms with Crippen molar-refractivity contribution in [1.29, 1.82) is 0 Å². The maximum atomic E-state index is 4.27. The molecule has 0 aliphatic carbocycles. The maximum Gasteiger partial charge on any atom is 0.106 e. The molecule has 0 saturated carbocycles. The number of aromatic amines is 1. The third-order valence-electron chi connectivity index (χ3n) is 2.12. The number of rotatable bonds is 2. The molecular formula is C11H11BrN2. The molecule has 0 radical (unpaired) electrons. The number of nitrogens with one attached hydrogen (secondary N) is 1. The molecule has 0 bridgehead atoms. The van der Waals surface area contributed by atoms with Crippen molar-refractivity contribution in [3.05, 3.63) is 40.8 Å². The Morgan fingerprint density at radius 2 is 2.00 bits per heavy atom. The highest BCUT2D eigenvalue weighted by atomic mass is 79.9. The summed E-state index contributed by atoms with van der Waals surface area (Å²) in [6.45, 7) is 2.09. The number of halogens is 1. The molecule has 1 heterocycles. The van der Waals surface area contributed by atoms with E-state index in [9.17, 15) is 0 Å². The Bertz CT molecular complexity index is 417. The molecule has 1 aromatic heterocycles. The van der Waals surface area contributed by atoms with Crippen LogP contribution in [-0.4, -0.2) is 9.97 Å². The van der Waals surface area contributed by atoms with Gasteiger partial charge in [0.05, 0.1) is 11.9 Å². The van der Waals surface area contributed by atoms with E-state index in [-0.39, 0.29) is 0 Å². The molecule has 0 atom stereocenters. The lowest BCUT2D eigenvalue weighted by atomic mass is 10.2. The lowest BCUT2D eigenvalue weighted by molar-refractivity contribution is 0.991. The van der Waals surface area contributed by atoms with Gasteiger partial charge >= 0.3 is 0 Å². The fourth-order valence-corrected chi connectivity index (χ4v) is 1.58. The summed E-state index contributed by atoms with van der Waals surface area (Å²) in [4.78, 5) is 7.54. The molecule has 2 aromatic rings. The van der Waals surface area contributed by atoms with E-state index in [1.165, 1.54) is 5.56 Å². The Kier molecular flexibility index (Phi) is 2.68. The van der Waals surface area contributed by atoms with Gasteiger partial charge in [0.25, 0.3) is 0 Å². The van der Waals surface area contributed by atoms with Gasteiger partial charge in [0.15, 0.2) is 0 Å². The second kappa shape index (κ2) is 3.96. The number of aromatic nitrogens is 2.